The highest BCUT2D eigenvalue weighted by Gasteiger charge is 2.44. The summed E-state index contributed by atoms with van der Waals surface area (Å²) in [5.74, 6) is 0. The zero-order chi connectivity index (χ0) is 16.9. The van der Waals surface area contributed by atoms with E-state index >= 15 is 0 Å². The summed E-state index contributed by atoms with van der Waals surface area (Å²) in [4.78, 5) is 43.3. The number of rotatable bonds is 10. The van der Waals surface area contributed by atoms with Crippen molar-refractivity contribution in [3.05, 3.63) is 0 Å². The topological polar surface area (TPSA) is 206 Å². The zero-order valence-electron chi connectivity index (χ0n) is 10.4. The van der Waals surface area contributed by atoms with Crippen LogP contribution in [-0.4, -0.2) is 31.1 Å². The Bertz CT molecular complexity index is 520. The van der Waals surface area contributed by atoms with E-state index in [9.17, 15) is 18.3 Å². The van der Waals surface area contributed by atoms with Gasteiger partial charge in [-0.1, -0.05) is 13.3 Å². The molecule has 21 heavy (non-hydrogen) atoms. The lowest BCUT2D eigenvalue weighted by Gasteiger charge is -2.18. The van der Waals surface area contributed by atoms with Crippen LogP contribution in [0.1, 0.15) is 19.8 Å². The lowest BCUT2D eigenvalue weighted by molar-refractivity contribution is 0.168. The number of unbranched alkanes of at least 4 members (excludes halogenated alkanes) is 1. The zero-order valence-corrected chi connectivity index (χ0v) is 14.0. The molecule has 0 aromatic rings. The third kappa shape index (κ3) is 11.7. The number of phosphoric acid groups is 4. The molecule has 0 amide bonds. The Kier molecular flexibility index (Phi) is 8.11. The van der Waals surface area contributed by atoms with Crippen LogP contribution in [0.15, 0.2) is 0 Å². The van der Waals surface area contributed by atoms with Gasteiger partial charge >= 0.3 is 31.3 Å². The molecule has 17 heteroatoms. The maximum Gasteiger partial charge on any atom is 0.490 e. The van der Waals surface area contributed by atoms with Gasteiger partial charge in [0.2, 0.25) is 0 Å². The predicted molar refractivity (Wildman–Crippen MR) is 65.6 cm³/mol. The summed E-state index contributed by atoms with van der Waals surface area (Å²) in [5, 5.41) is 0. The maximum atomic E-state index is 11.2. The Morgan fingerprint density at radius 3 is 1.62 bits per heavy atom. The second-order valence-corrected chi connectivity index (χ2v) is 9.34. The molecule has 0 heterocycles. The van der Waals surface area contributed by atoms with E-state index in [0.717, 1.165) is 0 Å². The summed E-state index contributed by atoms with van der Waals surface area (Å²) in [6.07, 6.45) is 0.875. The van der Waals surface area contributed by atoms with Gasteiger partial charge in [0.15, 0.2) is 0 Å². The first-order chi connectivity index (χ1) is 9.18. The predicted octanol–water partition coefficient (Wildman–Crippen LogP) is 1.25. The molecule has 0 aromatic heterocycles. The first kappa shape index (κ1) is 21.6. The molecular weight excluding hydrogens is 380 g/mol. The summed E-state index contributed by atoms with van der Waals surface area (Å²) < 4.78 is 58.2. The summed E-state index contributed by atoms with van der Waals surface area (Å²) in [7, 11) is -22.1. The van der Waals surface area contributed by atoms with Gasteiger partial charge in [0, 0.05) is 0 Å². The fraction of sp³-hybridized carbons (Fsp3) is 1.00. The van der Waals surface area contributed by atoms with Crippen molar-refractivity contribution in [3.8, 4) is 0 Å². The largest absolute Gasteiger partial charge is 0.490 e. The molecule has 0 saturated carbocycles. The molecule has 0 aliphatic carbocycles. The summed E-state index contributed by atoms with van der Waals surface area (Å²) in [5.41, 5.74) is 0. The monoisotopic (exact) mass is 394 g/mol. The van der Waals surface area contributed by atoms with Crippen LogP contribution in [-0.2, 0) is 35.7 Å². The smallest absolute Gasteiger partial charge is 0.302 e. The van der Waals surface area contributed by atoms with E-state index in [-0.39, 0.29) is 6.61 Å². The molecule has 0 aliphatic heterocycles. The van der Waals surface area contributed by atoms with Crippen LogP contribution in [0.5, 0.6) is 0 Å². The highest BCUT2D eigenvalue weighted by Crippen LogP contribution is 2.70. The van der Waals surface area contributed by atoms with E-state index in [2.05, 4.69) is 17.5 Å². The molecule has 0 aromatic carbocycles. The molecule has 0 rings (SSSR count). The molecular formula is C4H14O13P4. The van der Waals surface area contributed by atoms with Crippen LogP contribution < -0.4 is 0 Å². The van der Waals surface area contributed by atoms with Crippen LogP contribution in [0.3, 0.4) is 0 Å². The Hall–Kier alpha value is 0.560. The second kappa shape index (κ2) is 7.90. The van der Waals surface area contributed by atoms with E-state index in [1.54, 1.807) is 6.92 Å². The molecule has 0 fully saturated rings. The van der Waals surface area contributed by atoms with Crippen molar-refractivity contribution < 1.29 is 60.2 Å². The minimum absolute atomic E-state index is 0.310. The number of hydrogen-bond acceptors (Lipinski definition) is 8. The van der Waals surface area contributed by atoms with Gasteiger partial charge in [-0.2, -0.15) is 12.9 Å². The molecule has 3 unspecified atom stereocenters. The van der Waals surface area contributed by atoms with Crippen molar-refractivity contribution >= 4 is 31.3 Å². The number of phosphoric ester groups is 1. The minimum atomic E-state index is -5.74. The fourth-order valence-corrected chi connectivity index (χ4v) is 5.26. The van der Waals surface area contributed by atoms with Crippen molar-refractivity contribution in [2.75, 3.05) is 6.61 Å². The maximum absolute atomic E-state index is 11.2. The Balaban J connectivity index is 4.76. The van der Waals surface area contributed by atoms with E-state index < -0.39 is 31.3 Å². The third-order valence-corrected chi connectivity index (χ3v) is 6.86. The van der Waals surface area contributed by atoms with Gasteiger partial charge in [-0.25, -0.2) is 18.3 Å². The standard InChI is InChI=1S/C4H14O13P4/c1-2-3-4-14-19(8,9)16-21(12,13)17-20(10,11)15-18(5,6)7/h2-4H2,1H3,(H,8,9)(H,10,11)(H,12,13)(H2,5,6,7). The molecule has 128 valence electrons. The van der Waals surface area contributed by atoms with Crippen molar-refractivity contribution in [2.24, 2.45) is 0 Å². The average molecular weight is 394 g/mol. The normalized spacial score (nSPS) is 21.2. The first-order valence-corrected chi connectivity index (χ1v) is 11.0. The first-order valence-electron chi connectivity index (χ1n) is 5.00. The quantitative estimate of drug-likeness (QED) is 0.261. The van der Waals surface area contributed by atoms with Gasteiger partial charge in [-0.15, -0.1) is 0 Å². The molecule has 0 spiro atoms. The Morgan fingerprint density at radius 1 is 0.762 bits per heavy atom. The van der Waals surface area contributed by atoms with Gasteiger partial charge < -0.3 is 24.5 Å². The van der Waals surface area contributed by atoms with Crippen molar-refractivity contribution in [2.45, 2.75) is 19.8 Å². The average Bonchev–Trinajstić information content (AvgIpc) is 2.08. The molecule has 5 N–H and O–H groups in total. The summed E-state index contributed by atoms with van der Waals surface area (Å²) >= 11 is 0. The molecule has 0 radical (unpaired) electrons. The van der Waals surface area contributed by atoms with Gasteiger partial charge in [-0.05, 0) is 6.42 Å². The van der Waals surface area contributed by atoms with Gasteiger partial charge in [0.1, 0.15) is 0 Å². The SMILES string of the molecule is CCCCOP(=O)(O)OP(=O)(O)OP(=O)(O)OP(=O)(O)O. The molecule has 0 saturated heterocycles. The molecule has 0 aliphatic rings. The second-order valence-electron chi connectivity index (χ2n) is 3.33. The van der Waals surface area contributed by atoms with E-state index in [0.29, 0.717) is 12.8 Å². The van der Waals surface area contributed by atoms with Crippen molar-refractivity contribution in [3.63, 3.8) is 0 Å². The third-order valence-electron chi connectivity index (χ3n) is 1.37. The summed E-state index contributed by atoms with van der Waals surface area (Å²) in [6.45, 7) is 1.40. The molecule has 3 atom stereocenters. The van der Waals surface area contributed by atoms with Crippen LogP contribution in [0, 0.1) is 0 Å². The minimum Gasteiger partial charge on any atom is -0.302 e. The lowest BCUT2D eigenvalue weighted by atomic mass is 10.4. The Morgan fingerprint density at radius 2 is 1.19 bits per heavy atom. The van der Waals surface area contributed by atoms with Crippen molar-refractivity contribution in [1.29, 1.82) is 0 Å². The highest BCUT2D eigenvalue weighted by molar-refractivity contribution is 7.69. The van der Waals surface area contributed by atoms with E-state index in [1.165, 1.54) is 0 Å². The molecule has 13 nitrogen and oxygen atoms in total. The highest BCUT2D eigenvalue weighted by atomic mass is 31.3. The van der Waals surface area contributed by atoms with Crippen LogP contribution in [0.25, 0.3) is 0 Å². The van der Waals surface area contributed by atoms with Gasteiger partial charge in [0.25, 0.3) is 0 Å². The lowest BCUT2D eigenvalue weighted by Crippen LogP contribution is -1.99. The Labute approximate surface area is 118 Å². The van der Waals surface area contributed by atoms with E-state index in [1.807, 2.05) is 0 Å². The van der Waals surface area contributed by atoms with Crippen LogP contribution in [0.4, 0.5) is 0 Å². The summed E-state index contributed by atoms with van der Waals surface area (Å²) in [6, 6.07) is 0. The molecule has 0 bridgehead atoms. The van der Waals surface area contributed by atoms with E-state index in [4.69, 9.17) is 24.5 Å². The van der Waals surface area contributed by atoms with Crippen LogP contribution in [0.2, 0.25) is 0 Å². The van der Waals surface area contributed by atoms with Gasteiger partial charge in [0.05, 0.1) is 6.61 Å². The fourth-order valence-electron chi connectivity index (χ4n) is 0.773. The van der Waals surface area contributed by atoms with Crippen LogP contribution >= 0.6 is 31.3 Å². The van der Waals surface area contributed by atoms with Gasteiger partial charge in [-0.3, -0.25) is 4.52 Å². The number of hydrogen-bond donors (Lipinski definition) is 5. The van der Waals surface area contributed by atoms with Crippen molar-refractivity contribution in [1.82, 2.24) is 0 Å².